The summed E-state index contributed by atoms with van der Waals surface area (Å²) in [6.07, 6.45) is 3.68. The van der Waals surface area contributed by atoms with Crippen molar-refractivity contribution in [3.05, 3.63) is 59.8 Å². The second-order valence-electron chi connectivity index (χ2n) is 7.96. The predicted octanol–water partition coefficient (Wildman–Crippen LogP) is 3.51. The lowest BCUT2D eigenvalue weighted by molar-refractivity contribution is -0.141. The van der Waals surface area contributed by atoms with E-state index in [0.29, 0.717) is 18.8 Å². The van der Waals surface area contributed by atoms with Crippen LogP contribution in [0.5, 0.6) is 11.5 Å². The number of benzene rings is 2. The summed E-state index contributed by atoms with van der Waals surface area (Å²) in [7, 11) is 3.28. The maximum atomic E-state index is 13.0. The number of ether oxygens (including phenoxy) is 2. The van der Waals surface area contributed by atoms with Crippen molar-refractivity contribution in [2.45, 2.75) is 31.8 Å². The van der Waals surface area contributed by atoms with E-state index in [1.54, 1.807) is 14.2 Å². The van der Waals surface area contributed by atoms with Crippen molar-refractivity contribution >= 4 is 16.8 Å². The van der Waals surface area contributed by atoms with E-state index in [-0.39, 0.29) is 5.91 Å². The van der Waals surface area contributed by atoms with Crippen LogP contribution < -0.4 is 14.8 Å². The zero-order chi connectivity index (χ0) is 21.1. The lowest BCUT2D eigenvalue weighted by atomic mass is 9.85. The largest absolute Gasteiger partial charge is 0.493 e. The summed E-state index contributed by atoms with van der Waals surface area (Å²) < 4.78 is 11.0. The number of H-pyrrole nitrogens is 1. The van der Waals surface area contributed by atoms with Gasteiger partial charge in [-0.25, -0.2) is 0 Å². The van der Waals surface area contributed by atoms with E-state index in [0.717, 1.165) is 36.2 Å². The summed E-state index contributed by atoms with van der Waals surface area (Å²) in [5.41, 5.74) is 2.87. The van der Waals surface area contributed by atoms with Crippen molar-refractivity contribution in [1.29, 1.82) is 0 Å². The normalized spacial score (nSPS) is 18.8. The first-order valence-corrected chi connectivity index (χ1v) is 10.3. The number of methoxy groups -OCH3 is 2. The number of nitrogens with zero attached hydrogens (tertiary/aromatic N) is 1. The molecule has 0 radical (unpaired) electrons. The fraction of sp³-hybridized carbons (Fsp3) is 0.375. The Bertz CT molecular complexity index is 1050. The Morgan fingerprint density at radius 3 is 2.70 bits per heavy atom. The Balaban J connectivity index is 1.38. The molecule has 6 heteroatoms. The first-order valence-electron chi connectivity index (χ1n) is 10.3. The molecule has 6 nitrogen and oxygen atoms in total. The number of rotatable bonds is 8. The highest BCUT2D eigenvalue weighted by Gasteiger charge is 2.46. The minimum Gasteiger partial charge on any atom is -0.493 e. The van der Waals surface area contributed by atoms with Gasteiger partial charge in [-0.05, 0) is 37.5 Å². The summed E-state index contributed by atoms with van der Waals surface area (Å²) in [6, 6.07) is 14.1. The highest BCUT2D eigenvalue weighted by atomic mass is 16.5. The second kappa shape index (κ2) is 8.40. The third kappa shape index (κ3) is 3.63. The number of para-hydroxylation sites is 2. The van der Waals surface area contributed by atoms with Gasteiger partial charge in [0.2, 0.25) is 5.91 Å². The third-order valence-electron chi connectivity index (χ3n) is 6.26. The van der Waals surface area contributed by atoms with Crippen LogP contribution in [-0.4, -0.2) is 48.6 Å². The Hall–Kier alpha value is -2.99. The molecule has 1 saturated heterocycles. The Kier molecular flexibility index (Phi) is 5.68. The van der Waals surface area contributed by atoms with Crippen LogP contribution >= 0.6 is 0 Å². The number of aromatic nitrogens is 1. The molecule has 2 heterocycles. The number of aromatic amines is 1. The van der Waals surface area contributed by atoms with Crippen LogP contribution in [0.25, 0.3) is 10.9 Å². The molecule has 1 aliphatic heterocycles. The van der Waals surface area contributed by atoms with Gasteiger partial charge in [0.15, 0.2) is 11.5 Å². The Morgan fingerprint density at radius 1 is 1.13 bits per heavy atom. The number of carbonyl (C=O) groups is 1. The van der Waals surface area contributed by atoms with Crippen LogP contribution in [0.1, 0.15) is 24.5 Å². The molecule has 1 fully saturated rings. The fourth-order valence-electron chi connectivity index (χ4n) is 4.24. The zero-order valence-corrected chi connectivity index (χ0v) is 17.8. The molecular weight excluding hydrogens is 378 g/mol. The van der Waals surface area contributed by atoms with Crippen LogP contribution in [0.15, 0.2) is 48.7 Å². The van der Waals surface area contributed by atoms with Crippen molar-refractivity contribution in [2.75, 3.05) is 27.3 Å². The van der Waals surface area contributed by atoms with E-state index in [1.807, 2.05) is 43.5 Å². The summed E-state index contributed by atoms with van der Waals surface area (Å²) in [5, 5.41) is 4.36. The van der Waals surface area contributed by atoms with E-state index >= 15 is 0 Å². The van der Waals surface area contributed by atoms with Gasteiger partial charge in [0.1, 0.15) is 0 Å². The van der Waals surface area contributed by atoms with Crippen molar-refractivity contribution in [3.8, 4) is 11.5 Å². The SMILES string of the molecule is COc1cccc(CN2CCC2(C)C(=O)NCCc2c[nH]c3ccccc23)c1OC. The third-order valence-corrected chi connectivity index (χ3v) is 6.26. The lowest BCUT2D eigenvalue weighted by Crippen LogP contribution is -2.65. The van der Waals surface area contributed by atoms with Gasteiger partial charge in [0.25, 0.3) is 0 Å². The molecule has 158 valence electrons. The highest BCUT2D eigenvalue weighted by molar-refractivity contribution is 5.87. The van der Waals surface area contributed by atoms with Crippen molar-refractivity contribution in [3.63, 3.8) is 0 Å². The fourth-order valence-corrected chi connectivity index (χ4v) is 4.24. The molecule has 1 aromatic heterocycles. The molecule has 30 heavy (non-hydrogen) atoms. The van der Waals surface area contributed by atoms with Crippen molar-refractivity contribution in [1.82, 2.24) is 15.2 Å². The van der Waals surface area contributed by atoms with Gasteiger partial charge in [-0.1, -0.05) is 30.3 Å². The first kappa shape index (κ1) is 20.3. The maximum Gasteiger partial charge on any atom is 0.240 e. The molecule has 0 bridgehead atoms. The van der Waals surface area contributed by atoms with Gasteiger partial charge < -0.3 is 19.8 Å². The van der Waals surface area contributed by atoms with E-state index in [4.69, 9.17) is 9.47 Å². The smallest absolute Gasteiger partial charge is 0.240 e. The van der Waals surface area contributed by atoms with Gasteiger partial charge in [-0.15, -0.1) is 0 Å². The minimum atomic E-state index is -0.506. The van der Waals surface area contributed by atoms with Gasteiger partial charge in [0.05, 0.1) is 19.8 Å². The zero-order valence-electron chi connectivity index (χ0n) is 17.8. The number of hydrogen-bond donors (Lipinski definition) is 2. The molecule has 1 atom stereocenters. The van der Waals surface area contributed by atoms with Gasteiger partial charge in [0, 0.05) is 42.3 Å². The average Bonchev–Trinajstić information content (AvgIpc) is 3.18. The number of carbonyl (C=O) groups excluding carboxylic acids is 1. The molecule has 0 aliphatic carbocycles. The second-order valence-corrected chi connectivity index (χ2v) is 7.96. The van der Waals surface area contributed by atoms with Crippen molar-refractivity contribution < 1.29 is 14.3 Å². The number of amides is 1. The van der Waals surface area contributed by atoms with Gasteiger partial charge in [-0.3, -0.25) is 9.69 Å². The monoisotopic (exact) mass is 407 g/mol. The Morgan fingerprint density at radius 2 is 1.97 bits per heavy atom. The van der Waals surface area contributed by atoms with Crippen LogP contribution in [0, 0.1) is 0 Å². The summed E-state index contributed by atoms with van der Waals surface area (Å²) in [4.78, 5) is 18.5. The molecule has 0 spiro atoms. The molecule has 1 amide bonds. The van der Waals surface area contributed by atoms with Crippen LogP contribution in [0.4, 0.5) is 0 Å². The molecule has 3 aromatic rings. The van der Waals surface area contributed by atoms with Crippen LogP contribution in [-0.2, 0) is 17.8 Å². The predicted molar refractivity (Wildman–Crippen MR) is 118 cm³/mol. The number of likely N-dealkylation sites (tertiary alicyclic amines) is 1. The summed E-state index contributed by atoms with van der Waals surface area (Å²) >= 11 is 0. The summed E-state index contributed by atoms with van der Waals surface area (Å²) in [6.45, 7) is 4.16. The van der Waals surface area contributed by atoms with E-state index < -0.39 is 5.54 Å². The molecule has 1 aliphatic rings. The highest BCUT2D eigenvalue weighted by Crippen LogP contribution is 2.37. The molecule has 0 saturated carbocycles. The van der Waals surface area contributed by atoms with Crippen LogP contribution in [0.2, 0.25) is 0 Å². The lowest BCUT2D eigenvalue weighted by Gasteiger charge is -2.49. The molecule has 4 rings (SSSR count). The van der Waals surface area contributed by atoms with Crippen LogP contribution in [0.3, 0.4) is 0 Å². The molecule has 2 N–H and O–H groups in total. The molecular formula is C24H29N3O3. The van der Waals surface area contributed by atoms with E-state index in [2.05, 4.69) is 27.3 Å². The number of hydrogen-bond acceptors (Lipinski definition) is 4. The minimum absolute atomic E-state index is 0.0791. The first-order chi connectivity index (χ1) is 14.6. The number of nitrogens with one attached hydrogen (secondary N) is 2. The summed E-state index contributed by atoms with van der Waals surface area (Å²) in [5.74, 6) is 1.52. The standard InChI is InChI=1S/C24H29N3O3/c1-24(12-14-27(24)16-18-7-6-10-21(29-2)22(18)30-3)23(28)25-13-11-17-15-26-20-9-5-4-8-19(17)20/h4-10,15,26H,11-14,16H2,1-3H3,(H,25,28). The molecule has 2 aromatic carbocycles. The topological polar surface area (TPSA) is 66.6 Å². The Labute approximate surface area is 177 Å². The quantitative estimate of drug-likeness (QED) is 0.600. The molecule has 1 unspecified atom stereocenters. The maximum absolute atomic E-state index is 13.0. The van der Waals surface area contributed by atoms with Gasteiger partial charge >= 0.3 is 0 Å². The number of fused-ring (bicyclic) bond motifs is 1. The van der Waals surface area contributed by atoms with E-state index in [9.17, 15) is 4.79 Å². The van der Waals surface area contributed by atoms with E-state index in [1.165, 1.54) is 10.9 Å². The average molecular weight is 408 g/mol. The van der Waals surface area contributed by atoms with Crippen molar-refractivity contribution in [2.24, 2.45) is 0 Å². The van der Waals surface area contributed by atoms with Gasteiger partial charge in [-0.2, -0.15) is 0 Å².